The first-order valence-corrected chi connectivity index (χ1v) is 15.8. The van der Waals surface area contributed by atoms with Crippen molar-refractivity contribution in [3.63, 3.8) is 0 Å². The van der Waals surface area contributed by atoms with Crippen LogP contribution in [-0.4, -0.2) is 56.2 Å². The van der Waals surface area contributed by atoms with Crippen LogP contribution in [0.1, 0.15) is 32.6 Å². The van der Waals surface area contributed by atoms with E-state index in [1.165, 1.54) is 6.42 Å². The van der Waals surface area contributed by atoms with Crippen LogP contribution in [0.3, 0.4) is 0 Å². The Morgan fingerprint density at radius 1 is 0.952 bits per heavy atom. The lowest BCUT2D eigenvalue weighted by molar-refractivity contribution is -0.119. The number of nitrogens with zero attached hydrogens (tertiary/aromatic N) is 2. The molecular weight excluding hydrogens is 546 g/mol. The zero-order chi connectivity index (χ0) is 28.6. The van der Waals surface area contributed by atoms with E-state index in [1.807, 2.05) is 24.3 Å². The topological polar surface area (TPSA) is 75.0 Å². The lowest BCUT2D eigenvalue weighted by Crippen LogP contribution is -2.45. The van der Waals surface area contributed by atoms with Crippen LogP contribution in [-0.2, 0) is 9.53 Å². The number of piperidine rings is 1. The molecular formula is C34H35N3O4S. The number of rotatable bonds is 6. The Bertz CT molecular complexity index is 1840. The highest BCUT2D eigenvalue weighted by molar-refractivity contribution is 7.26. The number of benzene rings is 3. The number of morpholine rings is 1. The molecule has 216 valence electrons. The third kappa shape index (κ3) is 5.19. The van der Waals surface area contributed by atoms with Crippen molar-refractivity contribution in [3.05, 3.63) is 70.9 Å². The molecule has 0 spiro atoms. The molecule has 8 heteroatoms. The summed E-state index contributed by atoms with van der Waals surface area (Å²) in [5.74, 6) is 0.646. The van der Waals surface area contributed by atoms with E-state index in [-0.39, 0.29) is 17.4 Å². The van der Waals surface area contributed by atoms with Crippen LogP contribution in [0.4, 0.5) is 11.6 Å². The predicted octanol–water partition coefficient (Wildman–Crippen LogP) is 6.87. The Morgan fingerprint density at radius 3 is 2.60 bits per heavy atom. The number of hydrogen-bond acceptors (Lipinski definition) is 7. The van der Waals surface area contributed by atoms with Crippen LogP contribution < -0.4 is 15.6 Å². The molecule has 4 heterocycles. The Hall–Kier alpha value is -3.72. The fourth-order valence-electron chi connectivity index (χ4n) is 6.31. The van der Waals surface area contributed by atoms with Crippen molar-refractivity contribution in [2.45, 2.75) is 38.7 Å². The van der Waals surface area contributed by atoms with Crippen molar-refractivity contribution < 1.29 is 13.9 Å². The highest BCUT2D eigenvalue weighted by atomic mass is 32.1. The maximum atomic E-state index is 13.2. The Balaban J connectivity index is 1.23. The van der Waals surface area contributed by atoms with E-state index >= 15 is 0 Å². The fraction of sp³-hybridized carbons (Fsp3) is 0.353. The maximum absolute atomic E-state index is 13.2. The molecule has 42 heavy (non-hydrogen) atoms. The second-order valence-electron chi connectivity index (χ2n) is 11.4. The summed E-state index contributed by atoms with van der Waals surface area (Å²) in [7, 11) is 0. The minimum Gasteiger partial charge on any atom is -0.440 e. The summed E-state index contributed by atoms with van der Waals surface area (Å²) in [6, 6.07) is 19.9. The molecule has 0 aliphatic carbocycles. The van der Waals surface area contributed by atoms with Crippen LogP contribution in [0.5, 0.6) is 0 Å². The molecule has 0 bridgehead atoms. The van der Waals surface area contributed by atoms with Gasteiger partial charge in [-0.2, -0.15) is 0 Å². The number of thiophene rings is 1. The van der Waals surface area contributed by atoms with Gasteiger partial charge >= 0.3 is 0 Å². The number of fused-ring (bicyclic) bond motifs is 4. The summed E-state index contributed by atoms with van der Waals surface area (Å²) in [4.78, 5) is 30.5. The van der Waals surface area contributed by atoms with Crippen molar-refractivity contribution in [3.8, 4) is 11.1 Å². The molecule has 2 saturated heterocycles. The minimum atomic E-state index is -0.0124. The predicted molar refractivity (Wildman–Crippen MR) is 172 cm³/mol. The largest absolute Gasteiger partial charge is 0.440 e. The molecule has 3 aromatic carbocycles. The molecule has 1 N–H and O–H groups in total. The number of amides is 1. The molecule has 0 radical (unpaired) electrons. The van der Waals surface area contributed by atoms with E-state index in [2.05, 4.69) is 52.4 Å². The summed E-state index contributed by atoms with van der Waals surface area (Å²) in [6.45, 7) is 6.52. The van der Waals surface area contributed by atoms with E-state index in [9.17, 15) is 9.59 Å². The first-order chi connectivity index (χ1) is 20.6. The molecule has 5 aromatic rings. The monoisotopic (exact) mass is 581 g/mol. The molecule has 2 aromatic heterocycles. The molecule has 2 fully saturated rings. The van der Waals surface area contributed by atoms with Gasteiger partial charge in [0.25, 0.3) is 0 Å². The summed E-state index contributed by atoms with van der Waals surface area (Å²) in [5.41, 5.74) is 3.38. The number of para-hydroxylation sites is 1. The highest BCUT2D eigenvalue weighted by Gasteiger charge is 2.22. The number of anilines is 2. The van der Waals surface area contributed by atoms with Crippen molar-refractivity contribution in [1.29, 1.82) is 0 Å². The Kier molecular flexibility index (Phi) is 7.44. The van der Waals surface area contributed by atoms with Crippen LogP contribution >= 0.6 is 11.3 Å². The Labute approximate surface area is 248 Å². The molecule has 7 rings (SSSR count). The van der Waals surface area contributed by atoms with Gasteiger partial charge < -0.3 is 19.4 Å². The lowest BCUT2D eigenvalue weighted by atomic mass is 10.0. The van der Waals surface area contributed by atoms with E-state index in [0.29, 0.717) is 30.0 Å². The van der Waals surface area contributed by atoms with Crippen LogP contribution in [0.2, 0.25) is 0 Å². The number of carbonyl (C=O) groups is 1. The van der Waals surface area contributed by atoms with Gasteiger partial charge in [0, 0.05) is 69.2 Å². The number of carbonyl (C=O) groups excluding carboxylic acids is 1. The van der Waals surface area contributed by atoms with Gasteiger partial charge in [0.2, 0.25) is 5.91 Å². The normalized spacial score (nSPS) is 18.2. The first kappa shape index (κ1) is 27.1. The molecule has 7 nitrogen and oxygen atoms in total. The fourth-order valence-corrected chi connectivity index (χ4v) is 7.52. The van der Waals surface area contributed by atoms with Gasteiger partial charge in [0.1, 0.15) is 5.58 Å². The summed E-state index contributed by atoms with van der Waals surface area (Å²) >= 11 is 1.72. The third-order valence-corrected chi connectivity index (χ3v) is 9.75. The van der Waals surface area contributed by atoms with Crippen molar-refractivity contribution in [1.82, 2.24) is 4.90 Å². The summed E-state index contributed by atoms with van der Waals surface area (Å²) < 4.78 is 14.5. The number of hydrogen-bond donors (Lipinski definition) is 1. The van der Waals surface area contributed by atoms with Gasteiger partial charge in [0.15, 0.2) is 11.3 Å². The molecule has 0 saturated carbocycles. The van der Waals surface area contributed by atoms with Crippen LogP contribution in [0.25, 0.3) is 42.3 Å². The van der Waals surface area contributed by atoms with Gasteiger partial charge in [-0.15, -0.1) is 11.3 Å². The number of nitrogens with one attached hydrogen (secondary N) is 1. The molecule has 1 atom stereocenters. The first-order valence-electron chi connectivity index (χ1n) is 15.0. The summed E-state index contributed by atoms with van der Waals surface area (Å²) in [5, 5.41) is 5.93. The molecule has 2 aliphatic heterocycles. The zero-order valence-corrected chi connectivity index (χ0v) is 24.7. The van der Waals surface area contributed by atoms with Crippen LogP contribution in [0.15, 0.2) is 69.9 Å². The average molecular weight is 582 g/mol. The van der Waals surface area contributed by atoms with E-state index in [1.54, 1.807) is 17.4 Å². The second kappa shape index (κ2) is 11.5. The quantitative estimate of drug-likeness (QED) is 0.236. The smallest absolute Gasteiger partial charge is 0.238 e. The molecule has 1 amide bonds. The van der Waals surface area contributed by atoms with Gasteiger partial charge in [-0.25, -0.2) is 0 Å². The Morgan fingerprint density at radius 2 is 1.76 bits per heavy atom. The van der Waals surface area contributed by atoms with E-state index in [0.717, 1.165) is 82.4 Å². The van der Waals surface area contributed by atoms with Crippen molar-refractivity contribution in [2.24, 2.45) is 0 Å². The second-order valence-corrected chi connectivity index (χ2v) is 12.4. The molecule has 2 aliphatic rings. The SMILES string of the molecule is CCC1CN(CC(=O)Nc2ccc3sc4c(-c5cccc6c(=O)cc(N7CCCCC7)oc56)cccc4c3c2)CCO1. The third-order valence-electron chi connectivity index (χ3n) is 8.53. The standard InChI is InChI=1S/C34H35N3O4S/c1-2-23-20-36(16-17-40-23)21-31(39)35-22-12-13-30-28(18-22)26-10-7-9-25(34(26)42-30)24-8-6-11-27-29(38)19-32(41-33(24)27)37-14-4-3-5-15-37/h6-13,18-19,23H,2-5,14-17,20-21H2,1H3,(H,35,39). The van der Waals surface area contributed by atoms with Gasteiger partial charge in [-0.3, -0.25) is 14.5 Å². The zero-order valence-electron chi connectivity index (χ0n) is 23.9. The van der Waals surface area contributed by atoms with Gasteiger partial charge in [0.05, 0.1) is 24.6 Å². The number of ether oxygens (including phenoxy) is 1. The molecule has 1 unspecified atom stereocenters. The van der Waals surface area contributed by atoms with E-state index < -0.39 is 0 Å². The van der Waals surface area contributed by atoms with E-state index in [4.69, 9.17) is 9.15 Å². The summed E-state index contributed by atoms with van der Waals surface area (Å²) in [6.07, 6.45) is 4.58. The highest BCUT2D eigenvalue weighted by Crippen LogP contribution is 2.42. The lowest BCUT2D eigenvalue weighted by Gasteiger charge is -2.31. The van der Waals surface area contributed by atoms with Gasteiger partial charge in [-0.05, 0) is 49.9 Å². The van der Waals surface area contributed by atoms with Crippen LogP contribution in [0, 0.1) is 0 Å². The minimum absolute atomic E-state index is 0.00938. The van der Waals surface area contributed by atoms with Crippen molar-refractivity contribution >= 4 is 60.0 Å². The maximum Gasteiger partial charge on any atom is 0.238 e. The average Bonchev–Trinajstić information content (AvgIpc) is 3.39. The van der Waals surface area contributed by atoms with Crippen molar-refractivity contribution in [2.75, 3.05) is 49.5 Å². The van der Waals surface area contributed by atoms with Gasteiger partial charge in [-0.1, -0.05) is 37.3 Å².